The van der Waals surface area contributed by atoms with Gasteiger partial charge < -0.3 is 42.9 Å². The molecule has 6 aromatic heterocycles. The van der Waals surface area contributed by atoms with Gasteiger partial charge in [-0.25, -0.2) is 19.9 Å². The normalized spacial score (nSPS) is 12.3. The van der Waals surface area contributed by atoms with Crippen molar-refractivity contribution in [2.24, 2.45) is 0 Å². The van der Waals surface area contributed by atoms with E-state index in [0.717, 1.165) is 100 Å². The van der Waals surface area contributed by atoms with Crippen molar-refractivity contribution < 1.29 is 0 Å². The second-order valence-electron chi connectivity index (χ2n) is 25.9. The highest BCUT2D eigenvalue weighted by molar-refractivity contribution is 6.44. The van der Waals surface area contributed by atoms with Crippen LogP contribution < -0.4 is 22.9 Å². The van der Waals surface area contributed by atoms with E-state index in [2.05, 4.69) is 32.1 Å². The number of aromatic nitrogens is 8. The van der Waals surface area contributed by atoms with E-state index in [-0.39, 0.29) is 0 Å². The Kier molecular flexibility index (Phi) is 18.4. The molecule has 0 unspecified atom stereocenters. The van der Waals surface area contributed by atoms with Gasteiger partial charge in [0.25, 0.3) is 0 Å². The fourth-order valence-corrected chi connectivity index (χ4v) is 16.7. The van der Waals surface area contributed by atoms with Crippen LogP contribution in [0.2, 0.25) is 40.2 Å². The number of hydrogen-bond acceptors (Lipinski definition) is 8. The van der Waals surface area contributed by atoms with Crippen LogP contribution in [0, 0.1) is 0 Å². The molecule has 0 radical (unpaired) electrons. The topological polar surface area (TPSA) is 219 Å². The van der Waals surface area contributed by atoms with Gasteiger partial charge in [0, 0.05) is 175 Å². The second-order valence-corrected chi connectivity index (χ2v) is 29.2. The highest BCUT2D eigenvalue weighted by Crippen LogP contribution is 2.55. The lowest BCUT2D eigenvalue weighted by molar-refractivity contribution is 1.30. The summed E-state index contributed by atoms with van der Waals surface area (Å²) in [5.74, 6) is 0. The lowest BCUT2D eigenvalue weighted by Crippen LogP contribution is -1.99. The number of halogens is 8. The molecule has 0 spiro atoms. The predicted molar refractivity (Wildman–Crippen MR) is 457 cm³/mol. The van der Waals surface area contributed by atoms with Gasteiger partial charge >= 0.3 is 0 Å². The predicted octanol–water partition coefficient (Wildman–Crippen LogP) is 25.7. The maximum atomic E-state index is 7.19. The number of anilines is 4. The van der Waals surface area contributed by atoms with Crippen LogP contribution in [0.1, 0.15) is 56.7 Å². The quantitative estimate of drug-likeness (QED) is 0.0683. The molecule has 0 saturated heterocycles. The number of hydrogen-bond donors (Lipinski definition) is 8. The molecule has 0 amide bonds. The fourth-order valence-electron chi connectivity index (χ4n) is 14.4. The van der Waals surface area contributed by atoms with Crippen LogP contribution in [0.3, 0.4) is 0 Å². The largest absolute Gasteiger partial charge is 0.398 e. The van der Waals surface area contributed by atoms with Crippen molar-refractivity contribution in [1.29, 1.82) is 0 Å². The summed E-state index contributed by atoms with van der Waals surface area (Å²) in [6, 6.07) is 72.7. The Labute approximate surface area is 658 Å². The molecule has 12 nitrogen and oxygen atoms in total. The average Bonchev–Trinajstić information content (AvgIpc) is 1.57. The number of aromatic amines is 4. The highest BCUT2D eigenvalue weighted by Gasteiger charge is 2.32. The van der Waals surface area contributed by atoms with Crippen LogP contribution in [-0.4, -0.2) is 39.9 Å². The molecule has 4 aliphatic heterocycles. The van der Waals surface area contributed by atoms with Gasteiger partial charge in [-0.3, -0.25) is 0 Å². The molecule has 8 aromatic carbocycles. The van der Waals surface area contributed by atoms with Gasteiger partial charge in [0.2, 0.25) is 0 Å². The summed E-state index contributed by atoms with van der Waals surface area (Å²) in [6.45, 7) is 0. The zero-order valence-electron chi connectivity index (χ0n) is 56.5. The van der Waals surface area contributed by atoms with Gasteiger partial charge in [-0.1, -0.05) is 190 Å². The first-order valence-corrected chi connectivity index (χ1v) is 37.0. The van der Waals surface area contributed by atoms with Crippen LogP contribution in [-0.2, 0) is 0 Å². The van der Waals surface area contributed by atoms with Gasteiger partial charge in [0.05, 0.1) is 66.6 Å². The van der Waals surface area contributed by atoms with E-state index in [4.69, 9.17) is 136 Å². The molecule has 18 rings (SSSR count). The molecular weight excluding hydrogens is 1510 g/mol. The lowest BCUT2D eigenvalue weighted by atomic mass is 9.89. The number of para-hydroxylation sites is 4. The Balaban J connectivity index is 0.000000159. The van der Waals surface area contributed by atoms with E-state index in [1.165, 1.54) is 0 Å². The molecule has 16 bridgehead atoms. The molecule has 0 atom stereocenters. The Morgan fingerprint density at radius 1 is 0.231 bits per heavy atom. The van der Waals surface area contributed by atoms with Crippen molar-refractivity contribution in [2.75, 3.05) is 22.9 Å². The van der Waals surface area contributed by atoms with Gasteiger partial charge in [-0.05, 0) is 170 Å². The molecule has 0 fully saturated rings. The smallest absolute Gasteiger partial charge is 0.0817 e. The van der Waals surface area contributed by atoms with E-state index in [1.54, 1.807) is 72.8 Å². The van der Waals surface area contributed by atoms with Gasteiger partial charge in [0.15, 0.2) is 0 Å². The van der Waals surface area contributed by atoms with E-state index >= 15 is 0 Å². The van der Waals surface area contributed by atoms with Crippen molar-refractivity contribution in [3.8, 4) is 66.8 Å². The third kappa shape index (κ3) is 13.0. The number of benzene rings is 8. The van der Waals surface area contributed by atoms with Crippen LogP contribution in [0.4, 0.5) is 22.7 Å². The number of rotatable bonds is 8. The van der Waals surface area contributed by atoms with Crippen LogP contribution in [0.15, 0.2) is 231 Å². The number of fused-ring (bicyclic) bond motifs is 16. The molecule has 20 heteroatoms. The van der Waals surface area contributed by atoms with Crippen LogP contribution >= 0.6 is 92.8 Å². The molecule has 0 aliphatic carbocycles. The Hall–Kier alpha value is -11.5. The number of nitrogen functional groups attached to an aromatic ring is 4. The van der Waals surface area contributed by atoms with E-state index in [1.807, 2.05) is 182 Å². The molecule has 14 aromatic rings. The van der Waals surface area contributed by atoms with Crippen LogP contribution in [0.25, 0.3) is 158 Å². The summed E-state index contributed by atoms with van der Waals surface area (Å²) in [5.41, 5.74) is 52.5. The summed E-state index contributed by atoms with van der Waals surface area (Å²) in [5, 5.41) is 3.07. The minimum absolute atomic E-state index is 0.354. The SMILES string of the molecule is Clc1cccc(Cl)c1C1=Cc2cc3ccc(cc4nc(cc5[nH]c(c(-c6c(Cl)cccc6Cl)c1n2)c(-c1c(Cl)cccc1Cl)c5-c1c(Cl)cccc1Cl)C=C4)[nH]3.Nc1ccccc1C1=Cc2cc3ccc(cc4nc(cc5[nH]c(c(-c6ccccc6N)c1n2)c(-c1ccccc1N)c5-c1ccccc1N)C=C4)[nH]3. The molecule has 0 saturated carbocycles. The second kappa shape index (κ2) is 28.6. The zero-order valence-corrected chi connectivity index (χ0v) is 62.6. The van der Waals surface area contributed by atoms with E-state index < -0.39 is 0 Å². The van der Waals surface area contributed by atoms with E-state index in [0.29, 0.717) is 141 Å². The minimum atomic E-state index is 0.354. The van der Waals surface area contributed by atoms with Crippen molar-refractivity contribution >= 4 is 207 Å². The summed E-state index contributed by atoms with van der Waals surface area (Å²) < 4.78 is 0. The number of nitrogens with two attached hydrogens (primary N) is 4. The van der Waals surface area contributed by atoms with Gasteiger partial charge in [-0.2, -0.15) is 0 Å². The van der Waals surface area contributed by atoms with Crippen molar-refractivity contribution in [1.82, 2.24) is 39.9 Å². The summed E-state index contributed by atoms with van der Waals surface area (Å²) in [6.07, 6.45) is 11.9. The third-order valence-corrected chi connectivity index (χ3v) is 21.6. The molecule has 10 heterocycles. The van der Waals surface area contributed by atoms with Crippen LogP contribution in [0.5, 0.6) is 0 Å². The summed E-state index contributed by atoms with van der Waals surface area (Å²) in [7, 11) is 0. The molecule has 524 valence electrons. The minimum Gasteiger partial charge on any atom is -0.398 e. The summed E-state index contributed by atoms with van der Waals surface area (Å²) in [4.78, 5) is 35.2. The van der Waals surface area contributed by atoms with Crippen molar-refractivity contribution in [2.45, 2.75) is 0 Å². The standard InChI is InChI=1S/C44H22Cl8N4.C44H34N8/c45-27-5-1-6-28(46)36(27)26-19-25-18-23-14-13-21(53-23)17-22-15-16-24(54-22)20-35-40(37-29(47)7-2-8-30(37)48)41(38-31(49)9-3-10-32(38)50)44(56-35)42(43(26)55-25)39-33(51)11-4-12-34(39)52;45-35-13-5-1-9-30(35)34-23-29-22-27-18-17-25(49-27)21-26-19-20-28(50-26)24-39-40(31-10-2-6-14-36(31)46)41(32-11-3-7-15-37(32)47)44(52-39)42(43(34)51-29)33-12-4-8-16-38(33)48/h1-20,53,56H;1-24,49,52H,45-48H2. The van der Waals surface area contributed by atoms with Crippen molar-refractivity contribution in [3.05, 3.63) is 327 Å². The Morgan fingerprint density at radius 2 is 0.546 bits per heavy atom. The van der Waals surface area contributed by atoms with Crippen molar-refractivity contribution in [3.63, 3.8) is 0 Å². The van der Waals surface area contributed by atoms with E-state index in [9.17, 15) is 0 Å². The fraction of sp³-hybridized carbons (Fsp3) is 0. The first kappa shape index (κ1) is 69.5. The zero-order chi connectivity index (χ0) is 74.2. The highest BCUT2D eigenvalue weighted by atomic mass is 35.5. The maximum Gasteiger partial charge on any atom is 0.0817 e. The molecular formula is C88H56Cl8N12. The number of nitrogens with zero attached hydrogens (tertiary/aromatic N) is 4. The number of nitrogens with one attached hydrogen (secondary N) is 4. The average molecular weight is 1570 g/mol. The Bertz CT molecular complexity index is 6550. The monoisotopic (exact) mass is 1560 g/mol. The van der Waals surface area contributed by atoms with Gasteiger partial charge in [0.1, 0.15) is 0 Å². The maximum absolute atomic E-state index is 7.19. The molecule has 108 heavy (non-hydrogen) atoms. The Morgan fingerprint density at radius 3 is 0.972 bits per heavy atom. The van der Waals surface area contributed by atoms with Gasteiger partial charge in [-0.15, -0.1) is 0 Å². The first-order chi connectivity index (χ1) is 52.5. The molecule has 4 aliphatic rings. The summed E-state index contributed by atoms with van der Waals surface area (Å²) >= 11 is 56.9. The number of H-pyrrole nitrogens is 4. The molecule has 12 N–H and O–H groups in total. The third-order valence-electron chi connectivity index (χ3n) is 19.0. The lowest BCUT2D eigenvalue weighted by Gasteiger charge is -2.17. The first-order valence-electron chi connectivity index (χ1n) is 34.0.